The average molecular weight is 447 g/mol. The summed E-state index contributed by atoms with van der Waals surface area (Å²) < 4.78 is 0. The molecule has 1 nitrogen and oxygen atoms in total. The molecule has 0 atom stereocenters. The molecule has 26 heavy (non-hydrogen) atoms. The molecule has 0 aliphatic carbocycles. The van der Waals surface area contributed by atoms with Crippen molar-refractivity contribution in [2.45, 2.75) is 12.8 Å². The average Bonchev–Trinajstić information content (AvgIpc) is 2.58. The first-order valence-corrected chi connectivity index (χ1v) is 9.60. The van der Waals surface area contributed by atoms with E-state index in [2.05, 4.69) is 0 Å². The van der Waals surface area contributed by atoms with E-state index < -0.39 is 0 Å². The predicted molar refractivity (Wildman–Crippen MR) is 112 cm³/mol. The van der Waals surface area contributed by atoms with E-state index in [0.29, 0.717) is 49.1 Å². The maximum absolute atomic E-state index is 10.7. The van der Waals surface area contributed by atoms with E-state index in [1.807, 2.05) is 12.1 Å². The Morgan fingerprint density at radius 2 is 1.00 bits per heavy atom. The molecule has 0 saturated carbocycles. The van der Waals surface area contributed by atoms with Gasteiger partial charge in [-0.15, -0.1) is 0 Å². The van der Waals surface area contributed by atoms with Gasteiger partial charge in [-0.25, -0.2) is 0 Å². The fourth-order valence-electron chi connectivity index (χ4n) is 2.73. The molecule has 3 rings (SSSR count). The second-order valence-electron chi connectivity index (χ2n) is 5.92. The number of benzene rings is 3. The van der Waals surface area contributed by atoms with E-state index in [1.165, 1.54) is 0 Å². The van der Waals surface area contributed by atoms with Crippen LogP contribution in [0.5, 0.6) is 5.75 Å². The standard InChI is InChI=1S/C20H13Cl5O/c21-15-9-13(5-11-1-3-16(22)18(24)7-11)20(26)14(10-15)6-12-2-4-17(23)19(25)8-12/h1-4,7-10,26H,5-6H2. The molecule has 0 aromatic heterocycles. The molecule has 0 heterocycles. The third kappa shape index (κ3) is 4.60. The van der Waals surface area contributed by atoms with Gasteiger partial charge < -0.3 is 5.11 Å². The van der Waals surface area contributed by atoms with Gasteiger partial charge >= 0.3 is 0 Å². The highest BCUT2D eigenvalue weighted by Gasteiger charge is 2.12. The highest BCUT2D eigenvalue weighted by Crippen LogP contribution is 2.33. The Labute approximate surface area is 177 Å². The summed E-state index contributed by atoms with van der Waals surface area (Å²) in [7, 11) is 0. The quantitative estimate of drug-likeness (QED) is 0.433. The van der Waals surface area contributed by atoms with Gasteiger partial charge in [0.15, 0.2) is 0 Å². The SMILES string of the molecule is Oc1c(Cc2ccc(Cl)c(Cl)c2)cc(Cl)cc1Cc1ccc(Cl)c(Cl)c1. The maximum Gasteiger partial charge on any atom is 0.122 e. The highest BCUT2D eigenvalue weighted by molar-refractivity contribution is 6.42. The topological polar surface area (TPSA) is 20.2 Å². The van der Waals surface area contributed by atoms with Crippen LogP contribution in [0.15, 0.2) is 48.5 Å². The van der Waals surface area contributed by atoms with E-state index in [9.17, 15) is 5.11 Å². The van der Waals surface area contributed by atoms with Crippen LogP contribution < -0.4 is 0 Å². The van der Waals surface area contributed by atoms with Crippen LogP contribution in [0.25, 0.3) is 0 Å². The Kier molecular flexibility index (Phi) is 6.27. The summed E-state index contributed by atoms with van der Waals surface area (Å²) in [5, 5.41) is 13.2. The summed E-state index contributed by atoms with van der Waals surface area (Å²) in [5.74, 6) is 0.201. The Morgan fingerprint density at radius 3 is 1.38 bits per heavy atom. The summed E-state index contributed by atoms with van der Waals surface area (Å²) in [5.41, 5.74) is 3.28. The van der Waals surface area contributed by atoms with Crippen LogP contribution in [0, 0.1) is 0 Å². The van der Waals surface area contributed by atoms with E-state index in [1.54, 1.807) is 36.4 Å². The minimum absolute atomic E-state index is 0.201. The molecule has 0 aliphatic heterocycles. The van der Waals surface area contributed by atoms with Crippen molar-refractivity contribution in [1.82, 2.24) is 0 Å². The second kappa shape index (κ2) is 8.29. The van der Waals surface area contributed by atoms with Gasteiger partial charge in [0.1, 0.15) is 5.75 Å². The van der Waals surface area contributed by atoms with Crippen molar-refractivity contribution in [2.75, 3.05) is 0 Å². The molecule has 0 amide bonds. The fraction of sp³-hybridized carbons (Fsp3) is 0.100. The number of hydrogen-bond donors (Lipinski definition) is 1. The van der Waals surface area contributed by atoms with E-state index in [4.69, 9.17) is 58.0 Å². The maximum atomic E-state index is 10.7. The summed E-state index contributed by atoms with van der Waals surface area (Å²) >= 11 is 30.3. The van der Waals surface area contributed by atoms with Crippen LogP contribution in [-0.4, -0.2) is 5.11 Å². The summed E-state index contributed by atoms with van der Waals surface area (Å²) in [6.07, 6.45) is 0.968. The van der Waals surface area contributed by atoms with Gasteiger partial charge in [0.05, 0.1) is 20.1 Å². The van der Waals surface area contributed by atoms with Gasteiger partial charge in [-0.3, -0.25) is 0 Å². The molecule has 0 spiro atoms. The smallest absolute Gasteiger partial charge is 0.122 e. The fourth-order valence-corrected chi connectivity index (χ4v) is 3.63. The number of halogens is 5. The molecule has 0 fully saturated rings. The Bertz CT molecular complexity index is 894. The van der Waals surface area contributed by atoms with Crippen LogP contribution in [0.2, 0.25) is 25.1 Å². The molecule has 0 aliphatic rings. The molecule has 0 saturated heterocycles. The second-order valence-corrected chi connectivity index (χ2v) is 7.99. The van der Waals surface area contributed by atoms with Gasteiger partial charge in [-0.1, -0.05) is 70.1 Å². The van der Waals surface area contributed by atoms with E-state index in [0.717, 1.165) is 11.1 Å². The largest absolute Gasteiger partial charge is 0.507 e. The van der Waals surface area contributed by atoms with Crippen LogP contribution in [-0.2, 0) is 12.8 Å². The molecule has 0 unspecified atom stereocenters. The molecule has 0 bridgehead atoms. The minimum atomic E-state index is 0.201. The van der Waals surface area contributed by atoms with Gasteiger partial charge in [0.25, 0.3) is 0 Å². The first-order valence-electron chi connectivity index (χ1n) is 7.71. The molecule has 0 radical (unpaired) electrons. The van der Waals surface area contributed by atoms with Gasteiger partial charge in [0, 0.05) is 29.0 Å². The van der Waals surface area contributed by atoms with Crippen molar-refractivity contribution < 1.29 is 5.11 Å². The first-order chi connectivity index (χ1) is 12.3. The summed E-state index contributed by atoms with van der Waals surface area (Å²) in [4.78, 5) is 0. The molecule has 6 heteroatoms. The number of rotatable bonds is 4. The number of phenols is 1. The van der Waals surface area contributed by atoms with Crippen molar-refractivity contribution in [3.63, 3.8) is 0 Å². The van der Waals surface area contributed by atoms with Crippen molar-refractivity contribution in [1.29, 1.82) is 0 Å². The summed E-state index contributed by atoms with van der Waals surface area (Å²) in [6, 6.07) is 14.3. The van der Waals surface area contributed by atoms with Gasteiger partial charge in [-0.05, 0) is 47.5 Å². The van der Waals surface area contributed by atoms with Crippen LogP contribution in [0.4, 0.5) is 0 Å². The lowest BCUT2D eigenvalue weighted by Gasteiger charge is -2.12. The molecular formula is C20H13Cl5O. The Hall–Kier alpha value is -1.09. The lowest BCUT2D eigenvalue weighted by atomic mass is 9.97. The number of hydrogen-bond acceptors (Lipinski definition) is 1. The van der Waals surface area contributed by atoms with E-state index >= 15 is 0 Å². The van der Waals surface area contributed by atoms with Crippen molar-refractivity contribution in [3.8, 4) is 5.75 Å². The van der Waals surface area contributed by atoms with Crippen LogP contribution in [0.3, 0.4) is 0 Å². The highest BCUT2D eigenvalue weighted by atomic mass is 35.5. The molecule has 134 valence electrons. The number of phenolic OH excluding ortho intramolecular Hbond substituents is 1. The minimum Gasteiger partial charge on any atom is -0.507 e. The molecule has 3 aromatic carbocycles. The van der Waals surface area contributed by atoms with Crippen molar-refractivity contribution in [2.24, 2.45) is 0 Å². The van der Waals surface area contributed by atoms with Gasteiger partial charge in [-0.2, -0.15) is 0 Å². The Balaban J connectivity index is 1.92. The monoisotopic (exact) mass is 444 g/mol. The first kappa shape index (κ1) is 19.7. The zero-order valence-corrected chi connectivity index (χ0v) is 17.1. The zero-order valence-electron chi connectivity index (χ0n) is 13.4. The third-order valence-electron chi connectivity index (χ3n) is 3.99. The zero-order chi connectivity index (χ0) is 18.8. The number of aromatic hydroxyl groups is 1. The lowest BCUT2D eigenvalue weighted by molar-refractivity contribution is 0.463. The predicted octanol–water partition coefficient (Wildman–Crippen LogP) is 7.84. The normalized spacial score (nSPS) is 11.0. The van der Waals surface area contributed by atoms with Crippen LogP contribution in [0.1, 0.15) is 22.3 Å². The van der Waals surface area contributed by atoms with Crippen molar-refractivity contribution >= 4 is 58.0 Å². The molecular weight excluding hydrogens is 433 g/mol. The van der Waals surface area contributed by atoms with Crippen molar-refractivity contribution in [3.05, 3.63) is 95.9 Å². The molecule has 3 aromatic rings. The van der Waals surface area contributed by atoms with E-state index in [-0.39, 0.29) is 5.75 Å². The molecule has 1 N–H and O–H groups in total. The lowest BCUT2D eigenvalue weighted by Crippen LogP contribution is -1.95. The van der Waals surface area contributed by atoms with Crippen LogP contribution >= 0.6 is 58.0 Å². The Morgan fingerprint density at radius 1 is 0.577 bits per heavy atom. The third-order valence-corrected chi connectivity index (χ3v) is 5.69. The van der Waals surface area contributed by atoms with Gasteiger partial charge in [0.2, 0.25) is 0 Å². The summed E-state index contributed by atoms with van der Waals surface area (Å²) in [6.45, 7) is 0.